The Bertz CT molecular complexity index is 718. The molecule has 24 heavy (non-hydrogen) atoms. The van der Waals surface area contributed by atoms with E-state index in [2.05, 4.69) is 15.5 Å². The Morgan fingerprint density at radius 3 is 2.75 bits per heavy atom. The van der Waals surface area contributed by atoms with Crippen LogP contribution in [0.25, 0.3) is 11.4 Å². The van der Waals surface area contributed by atoms with Gasteiger partial charge in [0, 0.05) is 43.5 Å². The van der Waals surface area contributed by atoms with Crippen LogP contribution in [0.4, 0.5) is 6.01 Å². The van der Waals surface area contributed by atoms with Crippen molar-refractivity contribution in [2.24, 2.45) is 0 Å². The molecule has 0 amide bonds. The van der Waals surface area contributed by atoms with Crippen molar-refractivity contribution in [1.29, 1.82) is 0 Å². The van der Waals surface area contributed by atoms with Crippen LogP contribution >= 0.6 is 23.2 Å². The van der Waals surface area contributed by atoms with E-state index in [9.17, 15) is 4.21 Å². The monoisotopic (exact) mass is 387 g/mol. The van der Waals surface area contributed by atoms with Crippen LogP contribution in [0, 0.1) is 0 Å². The summed E-state index contributed by atoms with van der Waals surface area (Å²) in [5, 5.41) is 8.54. The Labute approximate surface area is 153 Å². The minimum absolute atomic E-state index is 0.204. The molecule has 0 saturated heterocycles. The van der Waals surface area contributed by atoms with Gasteiger partial charge in [-0.05, 0) is 37.5 Å². The van der Waals surface area contributed by atoms with E-state index < -0.39 is 10.8 Å². The second-order valence-corrected chi connectivity index (χ2v) is 8.76. The molecular formula is C16H19Cl2N3O2S. The molecule has 1 fully saturated rings. The summed E-state index contributed by atoms with van der Waals surface area (Å²) in [5.74, 6) is 1.14. The van der Waals surface area contributed by atoms with E-state index >= 15 is 0 Å². The molecule has 2 aromatic rings. The quantitative estimate of drug-likeness (QED) is 0.815. The van der Waals surface area contributed by atoms with Gasteiger partial charge in [0.1, 0.15) is 0 Å². The van der Waals surface area contributed by atoms with Crippen LogP contribution in [0.2, 0.25) is 10.0 Å². The smallest absolute Gasteiger partial charge is 0.322 e. The largest absolute Gasteiger partial charge is 0.335 e. The summed E-state index contributed by atoms with van der Waals surface area (Å²) >= 11 is 12.0. The first-order chi connectivity index (χ1) is 11.5. The van der Waals surface area contributed by atoms with Crippen LogP contribution in [-0.2, 0) is 10.8 Å². The summed E-state index contributed by atoms with van der Waals surface area (Å²) in [5.41, 5.74) is 0.706. The van der Waals surface area contributed by atoms with E-state index in [0.29, 0.717) is 33.2 Å². The maximum Gasteiger partial charge on any atom is 0.322 e. The summed E-state index contributed by atoms with van der Waals surface area (Å²) in [7, 11) is -0.758. The molecule has 1 N–H and O–H groups in total. The van der Waals surface area contributed by atoms with Gasteiger partial charge in [-0.15, -0.1) is 0 Å². The average Bonchev–Trinajstić information content (AvgIpc) is 3.02. The average molecular weight is 388 g/mol. The lowest BCUT2D eigenvalue weighted by Gasteiger charge is -2.28. The van der Waals surface area contributed by atoms with E-state index in [1.807, 2.05) is 6.92 Å². The number of rotatable bonds is 5. The van der Waals surface area contributed by atoms with Crippen molar-refractivity contribution in [3.05, 3.63) is 28.2 Å². The first kappa shape index (κ1) is 17.7. The van der Waals surface area contributed by atoms with Crippen molar-refractivity contribution in [1.82, 2.24) is 10.1 Å². The van der Waals surface area contributed by atoms with Gasteiger partial charge in [0.05, 0.1) is 0 Å². The van der Waals surface area contributed by atoms with Crippen molar-refractivity contribution >= 4 is 40.0 Å². The van der Waals surface area contributed by atoms with Crippen molar-refractivity contribution in [3.8, 4) is 11.4 Å². The molecule has 1 aromatic heterocycles. The molecule has 130 valence electrons. The highest BCUT2D eigenvalue weighted by Gasteiger charge is 2.26. The van der Waals surface area contributed by atoms with Crippen LogP contribution in [0.5, 0.6) is 0 Å². The van der Waals surface area contributed by atoms with E-state index in [1.54, 1.807) is 18.2 Å². The molecule has 0 spiro atoms. The van der Waals surface area contributed by atoms with E-state index in [-0.39, 0.29) is 11.3 Å². The highest BCUT2D eigenvalue weighted by Crippen LogP contribution is 2.28. The third-order valence-corrected chi connectivity index (χ3v) is 6.33. The van der Waals surface area contributed by atoms with E-state index in [0.717, 1.165) is 25.7 Å². The van der Waals surface area contributed by atoms with Gasteiger partial charge >= 0.3 is 6.01 Å². The molecule has 0 radical (unpaired) electrons. The number of anilines is 1. The zero-order chi connectivity index (χ0) is 17.1. The third kappa shape index (κ3) is 4.29. The lowest BCUT2D eigenvalue weighted by atomic mass is 9.95. The fourth-order valence-electron chi connectivity index (χ4n) is 3.01. The van der Waals surface area contributed by atoms with Gasteiger partial charge in [-0.1, -0.05) is 41.7 Å². The highest BCUT2D eigenvalue weighted by molar-refractivity contribution is 7.85. The highest BCUT2D eigenvalue weighted by atomic mass is 35.5. The molecule has 1 heterocycles. The van der Waals surface area contributed by atoms with Gasteiger partial charge in [0.15, 0.2) is 0 Å². The maximum atomic E-state index is 12.0. The fourth-order valence-corrected chi connectivity index (χ4v) is 4.88. The van der Waals surface area contributed by atoms with Gasteiger partial charge in [-0.25, -0.2) is 0 Å². The van der Waals surface area contributed by atoms with E-state index in [1.165, 1.54) is 0 Å². The molecule has 1 saturated carbocycles. The number of nitrogens with one attached hydrogen (secondary N) is 1. The first-order valence-electron chi connectivity index (χ1n) is 7.99. The molecule has 1 aromatic carbocycles. The molecule has 0 aliphatic heterocycles. The van der Waals surface area contributed by atoms with Crippen molar-refractivity contribution in [2.45, 2.75) is 43.9 Å². The standard InChI is InChI=1S/C16H19Cl2N3O2S/c1-2-24(22)14-5-3-4-13(9-14)19-16-20-15(21-23-16)10-6-11(17)8-12(18)7-10/h6-8,13-14H,2-5,9H2,1H3,(H,19,20,21). The van der Waals surface area contributed by atoms with Crippen molar-refractivity contribution < 1.29 is 8.73 Å². The maximum absolute atomic E-state index is 12.0. The summed E-state index contributed by atoms with van der Waals surface area (Å²) in [4.78, 5) is 4.36. The number of benzene rings is 1. The third-order valence-electron chi connectivity index (χ3n) is 4.16. The molecule has 3 unspecified atom stereocenters. The minimum Gasteiger partial charge on any atom is -0.335 e. The Morgan fingerprint density at radius 2 is 2.04 bits per heavy atom. The Hall–Kier alpha value is -1.11. The SMILES string of the molecule is CCS(=O)C1CCCC(Nc2nc(-c3cc(Cl)cc(Cl)c3)no2)C1. The van der Waals surface area contributed by atoms with Gasteiger partial charge in [0.25, 0.3) is 0 Å². The van der Waals surface area contributed by atoms with Crippen LogP contribution in [0.1, 0.15) is 32.6 Å². The first-order valence-corrected chi connectivity index (χ1v) is 10.1. The van der Waals surface area contributed by atoms with Crippen LogP contribution in [0.3, 0.4) is 0 Å². The van der Waals surface area contributed by atoms with Crippen molar-refractivity contribution in [3.63, 3.8) is 0 Å². The number of halogens is 2. The number of nitrogens with zero attached hydrogens (tertiary/aromatic N) is 2. The minimum atomic E-state index is -0.758. The predicted octanol–water partition coefficient (Wildman–Crippen LogP) is 4.54. The van der Waals surface area contributed by atoms with Gasteiger partial charge in [-0.2, -0.15) is 4.98 Å². The molecule has 5 nitrogen and oxygen atoms in total. The molecular weight excluding hydrogens is 369 g/mol. The fraction of sp³-hybridized carbons (Fsp3) is 0.500. The number of hydrogen-bond acceptors (Lipinski definition) is 5. The van der Waals surface area contributed by atoms with Gasteiger partial charge < -0.3 is 9.84 Å². The number of aromatic nitrogens is 2. The van der Waals surface area contributed by atoms with Crippen LogP contribution in [0.15, 0.2) is 22.7 Å². The summed E-state index contributed by atoms with van der Waals surface area (Å²) in [6.45, 7) is 1.97. The van der Waals surface area contributed by atoms with Crippen molar-refractivity contribution in [2.75, 3.05) is 11.1 Å². The lowest BCUT2D eigenvalue weighted by Crippen LogP contribution is -2.33. The molecule has 3 rings (SSSR count). The second-order valence-electron chi connectivity index (χ2n) is 5.88. The van der Waals surface area contributed by atoms with Gasteiger partial charge in [-0.3, -0.25) is 4.21 Å². The topological polar surface area (TPSA) is 68.0 Å². The Morgan fingerprint density at radius 1 is 1.29 bits per heavy atom. The van der Waals surface area contributed by atoms with Crippen LogP contribution < -0.4 is 5.32 Å². The van der Waals surface area contributed by atoms with Gasteiger partial charge in [0.2, 0.25) is 5.82 Å². The molecule has 1 aliphatic carbocycles. The molecule has 0 bridgehead atoms. The Kier molecular flexibility index (Phi) is 5.79. The van der Waals surface area contributed by atoms with E-state index in [4.69, 9.17) is 27.7 Å². The molecule has 8 heteroatoms. The molecule has 3 atom stereocenters. The summed E-state index contributed by atoms with van der Waals surface area (Å²) < 4.78 is 17.3. The lowest BCUT2D eigenvalue weighted by molar-refractivity contribution is 0.409. The van der Waals surface area contributed by atoms with Crippen LogP contribution in [-0.4, -0.2) is 31.4 Å². The number of hydrogen-bond donors (Lipinski definition) is 1. The molecule has 1 aliphatic rings. The predicted molar refractivity (Wildman–Crippen MR) is 98.1 cm³/mol. The Balaban J connectivity index is 1.68. The summed E-state index contributed by atoms with van der Waals surface area (Å²) in [6.07, 6.45) is 3.95. The normalized spacial score (nSPS) is 22.3. The second kappa shape index (κ2) is 7.85. The zero-order valence-electron chi connectivity index (χ0n) is 13.3. The zero-order valence-corrected chi connectivity index (χ0v) is 15.6. The summed E-state index contributed by atoms with van der Waals surface area (Å²) in [6, 6.07) is 5.71.